The van der Waals surface area contributed by atoms with Crippen molar-refractivity contribution in [2.24, 2.45) is 5.92 Å². The molecular formula is C24H35ClN2O5Si. The summed E-state index contributed by atoms with van der Waals surface area (Å²) in [4.78, 5) is 15.0. The number of nitrogens with one attached hydrogen (secondary N) is 1. The van der Waals surface area contributed by atoms with Gasteiger partial charge in [-0.2, -0.15) is 0 Å². The molecule has 0 bridgehead atoms. The fourth-order valence-corrected chi connectivity index (χ4v) is 4.14. The van der Waals surface area contributed by atoms with Gasteiger partial charge in [0, 0.05) is 46.4 Å². The average Bonchev–Trinajstić information content (AvgIpc) is 2.80. The normalized spacial score (nSPS) is 14.2. The molecule has 1 aliphatic rings. The van der Waals surface area contributed by atoms with Crippen LogP contribution in [-0.4, -0.2) is 65.9 Å². The topological polar surface area (TPSA) is 80.3 Å². The summed E-state index contributed by atoms with van der Waals surface area (Å²) in [5.41, 5.74) is -0.642. The van der Waals surface area contributed by atoms with Crippen LogP contribution in [0.2, 0.25) is 0 Å². The van der Waals surface area contributed by atoms with Gasteiger partial charge in [0.2, 0.25) is 0 Å². The lowest BCUT2D eigenvalue weighted by Gasteiger charge is -2.41. The SMILES string of the molecule is C=CN(C(=O)C(O)(c1ccccc1)c1ccccc1)C(C)C1CNC1.CO[SiH](OC)OC.Cl. The van der Waals surface area contributed by atoms with E-state index < -0.39 is 15.1 Å². The molecule has 1 saturated heterocycles. The molecule has 9 heteroatoms. The minimum absolute atomic E-state index is 0. The molecule has 1 unspecified atom stereocenters. The molecule has 1 aliphatic heterocycles. The summed E-state index contributed by atoms with van der Waals surface area (Å²) < 4.78 is 14.2. The number of amides is 1. The van der Waals surface area contributed by atoms with Crippen molar-refractivity contribution < 1.29 is 23.2 Å². The second kappa shape index (κ2) is 14.3. The minimum atomic E-state index is -1.75. The number of rotatable bonds is 9. The Morgan fingerprint density at radius 1 is 1.06 bits per heavy atom. The van der Waals surface area contributed by atoms with Crippen LogP contribution in [0.15, 0.2) is 73.4 Å². The molecule has 2 aromatic rings. The first-order valence-electron chi connectivity index (χ1n) is 10.5. The average molecular weight is 495 g/mol. The van der Waals surface area contributed by atoms with Crippen LogP contribution < -0.4 is 5.32 Å². The molecule has 0 aromatic heterocycles. The van der Waals surface area contributed by atoms with Crippen LogP contribution in [0.4, 0.5) is 0 Å². The van der Waals surface area contributed by atoms with Gasteiger partial charge in [0.15, 0.2) is 5.60 Å². The van der Waals surface area contributed by atoms with Crippen molar-refractivity contribution >= 4 is 27.8 Å². The molecule has 182 valence electrons. The van der Waals surface area contributed by atoms with Gasteiger partial charge in [-0.1, -0.05) is 67.2 Å². The van der Waals surface area contributed by atoms with E-state index in [-0.39, 0.29) is 24.4 Å². The molecule has 0 saturated carbocycles. The largest absolute Gasteiger partial charge is 0.483 e. The molecule has 1 fully saturated rings. The van der Waals surface area contributed by atoms with Crippen LogP contribution in [-0.2, 0) is 23.7 Å². The molecule has 3 rings (SSSR count). The van der Waals surface area contributed by atoms with Crippen LogP contribution >= 0.6 is 12.4 Å². The summed E-state index contributed by atoms with van der Waals surface area (Å²) in [6.07, 6.45) is 1.53. The number of aliphatic hydroxyl groups is 1. The van der Waals surface area contributed by atoms with Gasteiger partial charge in [-0.25, -0.2) is 0 Å². The van der Waals surface area contributed by atoms with E-state index in [1.54, 1.807) is 50.5 Å². The fourth-order valence-electron chi connectivity index (χ4n) is 3.56. The Morgan fingerprint density at radius 2 is 1.48 bits per heavy atom. The molecule has 1 amide bonds. The Kier molecular flexibility index (Phi) is 12.5. The second-order valence-electron chi connectivity index (χ2n) is 7.49. The van der Waals surface area contributed by atoms with Gasteiger partial charge in [-0.3, -0.25) is 4.79 Å². The lowest BCUT2D eigenvalue weighted by atomic mass is 9.83. The summed E-state index contributed by atoms with van der Waals surface area (Å²) in [7, 11) is 3.05. The number of hydrogen-bond acceptors (Lipinski definition) is 6. The second-order valence-corrected chi connectivity index (χ2v) is 9.48. The van der Waals surface area contributed by atoms with Crippen molar-refractivity contribution in [2.45, 2.75) is 18.6 Å². The van der Waals surface area contributed by atoms with Crippen molar-refractivity contribution in [1.29, 1.82) is 0 Å². The molecule has 33 heavy (non-hydrogen) atoms. The third-order valence-corrected chi connectivity index (χ3v) is 6.79. The first-order chi connectivity index (χ1) is 15.4. The van der Waals surface area contributed by atoms with Gasteiger partial charge >= 0.3 is 9.53 Å². The first-order valence-corrected chi connectivity index (χ1v) is 11.9. The Morgan fingerprint density at radius 3 is 1.76 bits per heavy atom. The van der Waals surface area contributed by atoms with Crippen LogP contribution in [0.3, 0.4) is 0 Å². The predicted octanol–water partition coefficient (Wildman–Crippen LogP) is 2.57. The highest BCUT2D eigenvalue weighted by Crippen LogP contribution is 2.33. The van der Waals surface area contributed by atoms with Gasteiger partial charge in [0.1, 0.15) is 0 Å². The molecule has 7 nitrogen and oxygen atoms in total. The van der Waals surface area contributed by atoms with Crippen molar-refractivity contribution in [3.63, 3.8) is 0 Å². The van der Waals surface area contributed by atoms with E-state index in [0.29, 0.717) is 17.0 Å². The Labute approximate surface area is 204 Å². The number of hydrogen-bond donors (Lipinski definition) is 2. The maximum absolute atomic E-state index is 13.5. The number of nitrogens with zero attached hydrogens (tertiary/aromatic N) is 1. The zero-order chi connectivity index (χ0) is 23.6. The van der Waals surface area contributed by atoms with Crippen LogP contribution in [0.25, 0.3) is 0 Å². The molecule has 2 aromatic carbocycles. The summed E-state index contributed by atoms with van der Waals surface area (Å²) in [5, 5.41) is 14.8. The van der Waals surface area contributed by atoms with Crippen LogP contribution in [0, 0.1) is 5.92 Å². The fraction of sp³-hybridized carbons (Fsp3) is 0.375. The Balaban J connectivity index is 0.000000595. The number of carbonyl (C=O) groups is 1. The molecule has 0 spiro atoms. The summed E-state index contributed by atoms with van der Waals surface area (Å²) >= 11 is 0. The van der Waals surface area contributed by atoms with E-state index in [1.165, 1.54) is 6.20 Å². The summed E-state index contributed by atoms with van der Waals surface area (Å²) in [5.74, 6) is -0.0166. The van der Waals surface area contributed by atoms with Gasteiger partial charge in [-0.15, -0.1) is 12.4 Å². The van der Waals surface area contributed by atoms with Crippen molar-refractivity contribution in [3.8, 4) is 0 Å². The quantitative estimate of drug-likeness (QED) is 0.521. The van der Waals surface area contributed by atoms with Gasteiger partial charge < -0.3 is 28.6 Å². The molecule has 2 N–H and O–H groups in total. The highest BCUT2D eigenvalue weighted by Gasteiger charge is 2.44. The maximum Gasteiger partial charge on any atom is 0.483 e. The summed E-state index contributed by atoms with van der Waals surface area (Å²) in [6.45, 7) is 7.56. The highest BCUT2D eigenvalue weighted by molar-refractivity contribution is 6.36. The van der Waals surface area contributed by atoms with Gasteiger partial charge in [0.05, 0.1) is 0 Å². The zero-order valence-electron chi connectivity index (χ0n) is 19.6. The van der Waals surface area contributed by atoms with E-state index in [0.717, 1.165) is 13.1 Å². The monoisotopic (exact) mass is 494 g/mol. The van der Waals surface area contributed by atoms with Gasteiger partial charge in [0.25, 0.3) is 5.91 Å². The molecule has 1 atom stereocenters. The number of benzene rings is 2. The minimum Gasteiger partial charge on any atom is -0.379 e. The number of halogens is 1. The third kappa shape index (κ3) is 6.97. The van der Waals surface area contributed by atoms with Crippen molar-refractivity contribution in [3.05, 3.63) is 84.6 Å². The first kappa shape index (κ1) is 29.0. The Bertz CT molecular complexity index is 790. The van der Waals surface area contributed by atoms with E-state index in [9.17, 15) is 9.90 Å². The highest BCUT2D eigenvalue weighted by atomic mass is 35.5. The lowest BCUT2D eigenvalue weighted by Crippen LogP contribution is -2.56. The van der Waals surface area contributed by atoms with Crippen LogP contribution in [0.5, 0.6) is 0 Å². The zero-order valence-corrected chi connectivity index (χ0v) is 21.6. The molecule has 0 aliphatic carbocycles. The molecule has 0 radical (unpaired) electrons. The van der Waals surface area contributed by atoms with E-state index in [2.05, 4.69) is 11.9 Å². The third-order valence-electron chi connectivity index (χ3n) is 5.64. The van der Waals surface area contributed by atoms with E-state index >= 15 is 0 Å². The summed E-state index contributed by atoms with van der Waals surface area (Å²) in [6, 6.07) is 18.1. The predicted molar refractivity (Wildman–Crippen MR) is 134 cm³/mol. The van der Waals surface area contributed by atoms with E-state index in [1.807, 2.05) is 43.3 Å². The lowest BCUT2D eigenvalue weighted by molar-refractivity contribution is -0.148. The molecule has 1 heterocycles. The van der Waals surface area contributed by atoms with Gasteiger partial charge in [-0.05, 0) is 24.3 Å². The van der Waals surface area contributed by atoms with E-state index in [4.69, 9.17) is 13.3 Å². The maximum atomic E-state index is 13.5. The smallest absolute Gasteiger partial charge is 0.379 e. The van der Waals surface area contributed by atoms with Crippen LogP contribution in [0.1, 0.15) is 18.1 Å². The van der Waals surface area contributed by atoms with Crippen molar-refractivity contribution in [2.75, 3.05) is 34.4 Å². The standard InChI is InChI=1S/C21H24N2O2.C3H10O3Si.ClH/c1-3-23(16(2)17-14-22-15-17)20(24)21(25,18-10-6-4-7-11-18)19-12-8-5-9-13-19;1-4-7(5-2)6-3;/h3-13,16-17,22,25H,1,14-15H2,2H3;7H,1-3H3;1H. The van der Waals surface area contributed by atoms with Crippen molar-refractivity contribution in [1.82, 2.24) is 10.2 Å². The Hall–Kier alpha value is -2.04. The number of carbonyl (C=O) groups excluding carboxylic acids is 1. The molecular weight excluding hydrogens is 460 g/mol.